The van der Waals surface area contributed by atoms with Gasteiger partial charge in [0, 0.05) is 19.3 Å². The Kier molecular flexibility index (Phi) is 4.27. The number of pyridine rings is 1. The van der Waals surface area contributed by atoms with E-state index in [0.717, 1.165) is 0 Å². The number of hydrogen-bond donors (Lipinski definition) is 1. The molecule has 6 heteroatoms. The van der Waals surface area contributed by atoms with Crippen molar-refractivity contribution in [3.8, 4) is 11.5 Å². The Bertz CT molecular complexity index is 644. The summed E-state index contributed by atoms with van der Waals surface area (Å²) >= 11 is 0. The first-order valence-electron chi connectivity index (χ1n) is 6.28. The zero-order valence-electron chi connectivity index (χ0n) is 12.2. The fraction of sp³-hybridized carbons (Fsp3) is 0.200. The molecule has 0 saturated carbocycles. The van der Waals surface area contributed by atoms with Crippen LogP contribution in [0.3, 0.4) is 0 Å². The number of ether oxygens (including phenoxy) is 2. The van der Waals surface area contributed by atoms with Crippen molar-refractivity contribution in [3.05, 3.63) is 42.2 Å². The fourth-order valence-electron chi connectivity index (χ4n) is 1.92. The number of benzene rings is 1. The molecule has 2 rings (SSSR count). The highest BCUT2D eigenvalue weighted by Crippen LogP contribution is 2.32. The molecule has 0 spiro atoms. The van der Waals surface area contributed by atoms with E-state index >= 15 is 0 Å². The molecular formula is C15H17N3O3. The zero-order valence-corrected chi connectivity index (χ0v) is 12.2. The highest BCUT2D eigenvalue weighted by Gasteiger charge is 2.20. The average Bonchev–Trinajstić information content (AvgIpc) is 2.54. The Labute approximate surface area is 123 Å². The third-order valence-electron chi connectivity index (χ3n) is 3.14. The molecule has 21 heavy (non-hydrogen) atoms. The smallest absolute Gasteiger partial charge is 0.260 e. The van der Waals surface area contributed by atoms with Crippen LogP contribution in [0.4, 0.5) is 11.4 Å². The van der Waals surface area contributed by atoms with Crippen molar-refractivity contribution in [1.82, 2.24) is 4.98 Å². The molecule has 6 nitrogen and oxygen atoms in total. The molecule has 0 unspecified atom stereocenters. The van der Waals surface area contributed by atoms with Crippen LogP contribution in [0.1, 0.15) is 10.4 Å². The monoisotopic (exact) mass is 287 g/mol. The second kappa shape index (κ2) is 6.13. The lowest BCUT2D eigenvalue weighted by atomic mass is 10.1. The lowest BCUT2D eigenvalue weighted by Crippen LogP contribution is -2.27. The average molecular weight is 287 g/mol. The molecule has 110 valence electrons. The molecule has 0 aliphatic heterocycles. The number of aromatic nitrogens is 1. The minimum absolute atomic E-state index is 0.266. The number of carbonyl (C=O) groups is 1. The standard InChI is InChI=1S/C15H17N3O3/c1-18(10-5-4-6-17-9-10)15(19)12-7-11(20-2)8-13(21-3)14(12)16/h4-9H,16H2,1-3H3. The van der Waals surface area contributed by atoms with Gasteiger partial charge in [-0.2, -0.15) is 0 Å². The van der Waals surface area contributed by atoms with Crippen LogP contribution in [0.15, 0.2) is 36.7 Å². The lowest BCUT2D eigenvalue weighted by Gasteiger charge is -2.19. The van der Waals surface area contributed by atoms with Crippen molar-refractivity contribution in [2.24, 2.45) is 0 Å². The van der Waals surface area contributed by atoms with Gasteiger partial charge in [0.15, 0.2) is 0 Å². The zero-order chi connectivity index (χ0) is 15.4. The Balaban J connectivity index is 2.43. The number of nitrogens with zero attached hydrogens (tertiary/aromatic N) is 2. The van der Waals surface area contributed by atoms with E-state index in [1.165, 1.54) is 19.1 Å². The van der Waals surface area contributed by atoms with Crippen molar-refractivity contribution in [2.45, 2.75) is 0 Å². The Morgan fingerprint density at radius 1 is 1.29 bits per heavy atom. The number of methoxy groups -OCH3 is 2. The van der Waals surface area contributed by atoms with Crippen molar-refractivity contribution in [3.63, 3.8) is 0 Å². The summed E-state index contributed by atoms with van der Waals surface area (Å²) < 4.78 is 10.3. The maximum atomic E-state index is 12.6. The van der Waals surface area contributed by atoms with E-state index in [9.17, 15) is 4.79 Å². The minimum Gasteiger partial charge on any atom is -0.497 e. The largest absolute Gasteiger partial charge is 0.497 e. The van der Waals surface area contributed by atoms with Crippen LogP contribution in [-0.4, -0.2) is 32.2 Å². The van der Waals surface area contributed by atoms with E-state index in [-0.39, 0.29) is 11.6 Å². The first-order valence-corrected chi connectivity index (χ1v) is 6.28. The fourth-order valence-corrected chi connectivity index (χ4v) is 1.92. The highest BCUT2D eigenvalue weighted by molar-refractivity contribution is 6.10. The number of rotatable bonds is 4. The van der Waals surface area contributed by atoms with E-state index in [2.05, 4.69) is 4.98 Å². The molecule has 0 bridgehead atoms. The summed E-state index contributed by atoms with van der Waals surface area (Å²) in [6.07, 6.45) is 3.25. The van der Waals surface area contributed by atoms with Gasteiger partial charge in [-0.1, -0.05) is 0 Å². The summed E-state index contributed by atoms with van der Waals surface area (Å²) in [7, 11) is 4.67. The summed E-state index contributed by atoms with van der Waals surface area (Å²) in [5, 5.41) is 0. The van der Waals surface area contributed by atoms with Gasteiger partial charge in [-0.05, 0) is 18.2 Å². The minimum atomic E-state index is -0.266. The topological polar surface area (TPSA) is 77.7 Å². The first kappa shape index (κ1) is 14.6. The van der Waals surface area contributed by atoms with E-state index < -0.39 is 0 Å². The molecule has 0 saturated heterocycles. The first-order chi connectivity index (χ1) is 10.1. The van der Waals surface area contributed by atoms with Gasteiger partial charge in [-0.25, -0.2) is 0 Å². The third kappa shape index (κ3) is 2.89. The van der Waals surface area contributed by atoms with Gasteiger partial charge in [0.25, 0.3) is 5.91 Å². The van der Waals surface area contributed by atoms with E-state index in [0.29, 0.717) is 22.7 Å². The Hall–Kier alpha value is -2.76. The van der Waals surface area contributed by atoms with Crippen molar-refractivity contribution >= 4 is 17.3 Å². The van der Waals surface area contributed by atoms with Gasteiger partial charge < -0.3 is 20.1 Å². The van der Waals surface area contributed by atoms with Crippen LogP contribution in [0.5, 0.6) is 11.5 Å². The molecule has 0 aliphatic rings. The van der Waals surface area contributed by atoms with Crippen LogP contribution in [0, 0.1) is 0 Å². The molecule has 1 amide bonds. The third-order valence-corrected chi connectivity index (χ3v) is 3.14. The van der Waals surface area contributed by atoms with Crippen LogP contribution in [0.25, 0.3) is 0 Å². The van der Waals surface area contributed by atoms with Crippen molar-refractivity contribution in [2.75, 3.05) is 31.9 Å². The molecule has 0 atom stereocenters. The summed E-state index contributed by atoms with van der Waals surface area (Å²) in [6, 6.07) is 6.77. The van der Waals surface area contributed by atoms with Crippen LogP contribution >= 0.6 is 0 Å². The number of hydrogen-bond acceptors (Lipinski definition) is 5. The summed E-state index contributed by atoms with van der Waals surface area (Å²) in [4.78, 5) is 18.1. The second-order valence-corrected chi connectivity index (χ2v) is 4.37. The molecule has 1 aromatic carbocycles. The van der Waals surface area contributed by atoms with E-state index in [1.807, 2.05) is 0 Å². The number of carbonyl (C=O) groups excluding carboxylic acids is 1. The number of anilines is 2. The molecule has 0 aliphatic carbocycles. The normalized spacial score (nSPS) is 10.0. The maximum Gasteiger partial charge on any atom is 0.260 e. The van der Waals surface area contributed by atoms with Gasteiger partial charge in [0.2, 0.25) is 0 Å². The molecule has 1 aromatic heterocycles. The van der Waals surface area contributed by atoms with Crippen molar-refractivity contribution < 1.29 is 14.3 Å². The quantitative estimate of drug-likeness (QED) is 0.870. The molecular weight excluding hydrogens is 270 g/mol. The van der Waals surface area contributed by atoms with Gasteiger partial charge in [0.1, 0.15) is 11.5 Å². The summed E-state index contributed by atoms with van der Waals surface area (Å²) in [5.41, 5.74) is 7.25. The highest BCUT2D eigenvalue weighted by atomic mass is 16.5. The maximum absolute atomic E-state index is 12.6. The predicted octanol–water partition coefficient (Wildman–Crippen LogP) is 1.96. The Morgan fingerprint density at radius 2 is 2.05 bits per heavy atom. The number of nitrogen functional groups attached to an aromatic ring is 1. The van der Waals surface area contributed by atoms with Crippen LogP contribution in [0.2, 0.25) is 0 Å². The van der Waals surface area contributed by atoms with Crippen molar-refractivity contribution in [1.29, 1.82) is 0 Å². The van der Waals surface area contributed by atoms with Crippen LogP contribution in [-0.2, 0) is 0 Å². The summed E-state index contributed by atoms with van der Waals surface area (Å²) in [6.45, 7) is 0. The van der Waals surface area contributed by atoms with Gasteiger partial charge in [-0.3, -0.25) is 9.78 Å². The molecule has 1 heterocycles. The molecule has 0 radical (unpaired) electrons. The molecule has 0 fully saturated rings. The van der Waals surface area contributed by atoms with E-state index in [1.54, 1.807) is 43.7 Å². The second-order valence-electron chi connectivity index (χ2n) is 4.37. The number of nitrogens with two attached hydrogens (primary N) is 1. The molecule has 2 N–H and O–H groups in total. The predicted molar refractivity (Wildman–Crippen MR) is 80.9 cm³/mol. The van der Waals surface area contributed by atoms with Gasteiger partial charge >= 0.3 is 0 Å². The van der Waals surface area contributed by atoms with Gasteiger partial charge in [-0.15, -0.1) is 0 Å². The summed E-state index contributed by atoms with van der Waals surface area (Å²) in [5.74, 6) is 0.638. The Morgan fingerprint density at radius 3 is 2.62 bits per heavy atom. The SMILES string of the molecule is COc1cc(OC)c(N)c(C(=O)N(C)c2cccnc2)c1. The molecule has 2 aromatic rings. The number of amides is 1. The van der Waals surface area contributed by atoms with E-state index in [4.69, 9.17) is 15.2 Å². The van der Waals surface area contributed by atoms with Crippen LogP contribution < -0.4 is 20.1 Å². The lowest BCUT2D eigenvalue weighted by molar-refractivity contribution is 0.0993. The van der Waals surface area contributed by atoms with Gasteiger partial charge in [0.05, 0.1) is 37.4 Å².